The average Bonchev–Trinajstić information content (AvgIpc) is 3.01. The van der Waals surface area contributed by atoms with Crippen molar-refractivity contribution < 1.29 is 25.9 Å². The summed E-state index contributed by atoms with van der Waals surface area (Å²) in [7, 11) is -8.13. The van der Waals surface area contributed by atoms with Gasteiger partial charge in [-0.15, -0.1) is 0 Å². The predicted octanol–water partition coefficient (Wildman–Crippen LogP) is 8.58. The van der Waals surface area contributed by atoms with E-state index in [0.717, 1.165) is 39.3 Å². The molecular formula is C37H33NO6S2. The van der Waals surface area contributed by atoms with Crippen molar-refractivity contribution in [2.24, 2.45) is 0 Å². The van der Waals surface area contributed by atoms with Gasteiger partial charge < -0.3 is 4.90 Å². The van der Waals surface area contributed by atoms with E-state index in [9.17, 15) is 16.8 Å². The van der Waals surface area contributed by atoms with Gasteiger partial charge in [0.15, 0.2) is 0 Å². The number of benzene rings is 5. The third-order valence-electron chi connectivity index (χ3n) is 7.19. The Bertz CT molecular complexity index is 1920. The zero-order valence-electron chi connectivity index (χ0n) is 25.1. The van der Waals surface area contributed by atoms with Crippen LogP contribution in [0, 0.1) is 6.92 Å². The van der Waals surface area contributed by atoms with Crippen LogP contribution in [0.3, 0.4) is 0 Å². The van der Waals surface area contributed by atoms with E-state index in [2.05, 4.69) is 60.4 Å². The van der Waals surface area contributed by atoms with E-state index in [-0.39, 0.29) is 0 Å². The van der Waals surface area contributed by atoms with Gasteiger partial charge in [-0.25, -0.2) is 0 Å². The van der Waals surface area contributed by atoms with Gasteiger partial charge in [0.05, 0.1) is 0 Å². The molecule has 0 saturated heterocycles. The molecule has 5 rings (SSSR count). The van der Waals surface area contributed by atoms with E-state index in [1.807, 2.05) is 72.8 Å². The maximum absolute atomic E-state index is 11.1. The lowest BCUT2D eigenvalue weighted by Crippen LogP contribution is -2.09. The molecule has 0 fully saturated rings. The lowest BCUT2D eigenvalue weighted by molar-refractivity contribution is 0.479. The minimum absolute atomic E-state index is 0.409. The van der Waals surface area contributed by atoms with Gasteiger partial charge >= 0.3 is 0 Å². The monoisotopic (exact) mass is 651 g/mol. The Balaban J connectivity index is 1.33. The molecule has 0 aliphatic carbocycles. The Hall–Kier alpha value is -4.80. The van der Waals surface area contributed by atoms with Gasteiger partial charge in [0.1, 0.15) is 11.5 Å². The minimum Gasteiger partial charge on any atom is -0.311 e. The molecule has 2 N–H and O–H groups in total. The predicted molar refractivity (Wildman–Crippen MR) is 187 cm³/mol. The molecule has 46 heavy (non-hydrogen) atoms. The highest BCUT2D eigenvalue weighted by Gasteiger charge is 2.12. The van der Waals surface area contributed by atoms with Crippen molar-refractivity contribution in [2.45, 2.75) is 18.4 Å². The topological polar surface area (TPSA) is 112 Å². The summed E-state index contributed by atoms with van der Waals surface area (Å²) >= 11 is 0. The Morgan fingerprint density at radius 2 is 0.717 bits per heavy atom. The Kier molecular flexibility index (Phi) is 9.99. The smallest absolute Gasteiger partial charge is 0.269 e. The summed E-state index contributed by atoms with van der Waals surface area (Å²) < 4.78 is 62.6. The Labute approximate surface area is 270 Å². The van der Waals surface area contributed by atoms with Crippen molar-refractivity contribution in [1.29, 1.82) is 0 Å². The molecule has 0 aliphatic heterocycles. The molecule has 0 aliphatic rings. The molecule has 0 aromatic heterocycles. The Morgan fingerprint density at radius 3 is 1.00 bits per heavy atom. The van der Waals surface area contributed by atoms with Crippen molar-refractivity contribution in [3.63, 3.8) is 0 Å². The van der Waals surface area contributed by atoms with Crippen LogP contribution in [0.1, 0.15) is 38.9 Å². The lowest BCUT2D eigenvalue weighted by Gasteiger charge is -2.26. The summed E-state index contributed by atoms with van der Waals surface area (Å²) in [4.78, 5) is 2.18. The zero-order valence-corrected chi connectivity index (χ0v) is 26.7. The third kappa shape index (κ3) is 9.60. The lowest BCUT2D eigenvalue weighted by atomic mass is 10.1. The first kappa shape index (κ1) is 32.6. The van der Waals surface area contributed by atoms with E-state index in [1.165, 1.54) is 5.56 Å². The molecule has 9 heteroatoms. The second-order valence-corrected chi connectivity index (χ2v) is 13.9. The Morgan fingerprint density at radius 1 is 0.457 bits per heavy atom. The summed E-state index contributed by atoms with van der Waals surface area (Å²) in [6.45, 7) is 2.06. The molecule has 0 amide bonds. The molecule has 5 aromatic rings. The maximum Gasteiger partial charge on any atom is 0.269 e. The molecule has 7 nitrogen and oxygen atoms in total. The first-order chi connectivity index (χ1) is 21.9. The van der Waals surface area contributed by atoms with Gasteiger partial charge in [0.2, 0.25) is 0 Å². The second-order valence-electron chi connectivity index (χ2n) is 11.0. The van der Waals surface area contributed by atoms with Crippen LogP contribution in [0.2, 0.25) is 0 Å². The summed E-state index contributed by atoms with van der Waals surface area (Å²) in [6.07, 6.45) is 7.87. The van der Waals surface area contributed by atoms with Crippen LogP contribution >= 0.6 is 0 Å². The fraction of sp³-hybridized carbons (Fsp3) is 0.0811. The van der Waals surface area contributed by atoms with Gasteiger partial charge in [-0.3, -0.25) is 9.11 Å². The average molecular weight is 652 g/mol. The maximum atomic E-state index is 11.1. The van der Waals surface area contributed by atoms with E-state index in [4.69, 9.17) is 9.11 Å². The molecule has 0 radical (unpaired) electrons. The summed E-state index contributed by atoms with van der Waals surface area (Å²) in [6, 6.07) is 38.8. The minimum atomic E-state index is -4.07. The first-order valence-electron chi connectivity index (χ1n) is 14.4. The fourth-order valence-electron chi connectivity index (χ4n) is 4.87. The van der Waals surface area contributed by atoms with Gasteiger partial charge in [0, 0.05) is 17.1 Å². The number of nitrogens with zero attached hydrogens (tertiary/aromatic N) is 1. The van der Waals surface area contributed by atoms with Crippen LogP contribution in [-0.4, -0.2) is 25.9 Å². The van der Waals surface area contributed by atoms with E-state index in [0.29, 0.717) is 11.1 Å². The fourth-order valence-corrected chi connectivity index (χ4v) is 6.09. The van der Waals surface area contributed by atoms with Gasteiger partial charge in [-0.05, 0) is 76.7 Å². The molecule has 5 aromatic carbocycles. The van der Waals surface area contributed by atoms with Crippen molar-refractivity contribution in [3.8, 4) is 0 Å². The van der Waals surface area contributed by atoms with Crippen LogP contribution in [0.4, 0.5) is 17.1 Å². The van der Waals surface area contributed by atoms with Gasteiger partial charge in [-0.1, -0.05) is 115 Å². The van der Waals surface area contributed by atoms with E-state index < -0.39 is 31.7 Å². The normalized spacial score (nSPS) is 12.2. The van der Waals surface area contributed by atoms with E-state index >= 15 is 0 Å². The standard InChI is InChI=1S/C37H33NO6S2/c1-28-2-20-35(21-3-28)38(36-22-16-31(17-23-36)6-4-29-8-12-33(13-9-29)26-45(39,40)41)37-24-18-32(19-25-37)7-5-30-10-14-34(15-11-30)27-46(42,43)44/h2-25H,26-27H2,1H3,(H,39,40,41)(H,42,43,44). The quantitative estimate of drug-likeness (QED) is 0.109. The highest BCUT2D eigenvalue weighted by Crippen LogP contribution is 2.35. The van der Waals surface area contributed by atoms with Crippen molar-refractivity contribution in [1.82, 2.24) is 0 Å². The number of aryl methyl sites for hydroxylation is 1. The molecule has 0 bridgehead atoms. The van der Waals surface area contributed by atoms with Gasteiger partial charge in [0.25, 0.3) is 20.2 Å². The molecular weight excluding hydrogens is 619 g/mol. The number of hydrogen-bond acceptors (Lipinski definition) is 5. The largest absolute Gasteiger partial charge is 0.311 e. The SMILES string of the molecule is Cc1ccc(N(c2ccc(C=Cc3ccc(CS(=O)(=O)O)cc3)cc2)c2ccc(C=Cc3ccc(CS(=O)(=O)O)cc3)cc2)cc1. The first-order valence-corrected chi connectivity index (χ1v) is 17.6. The van der Waals surface area contributed by atoms with E-state index in [1.54, 1.807) is 24.3 Å². The molecule has 0 spiro atoms. The van der Waals surface area contributed by atoms with Crippen molar-refractivity contribution in [3.05, 3.63) is 160 Å². The third-order valence-corrected chi connectivity index (χ3v) is 8.59. The van der Waals surface area contributed by atoms with Gasteiger partial charge in [-0.2, -0.15) is 16.8 Å². The number of hydrogen-bond donors (Lipinski definition) is 2. The second kappa shape index (κ2) is 14.1. The zero-order chi connectivity index (χ0) is 32.7. The summed E-state index contributed by atoms with van der Waals surface area (Å²) in [5, 5.41) is 0. The summed E-state index contributed by atoms with van der Waals surface area (Å²) in [5.74, 6) is -0.818. The van der Waals surface area contributed by atoms with Crippen LogP contribution in [0.25, 0.3) is 24.3 Å². The highest BCUT2D eigenvalue weighted by molar-refractivity contribution is 7.85. The van der Waals surface area contributed by atoms with Crippen LogP contribution in [0.5, 0.6) is 0 Å². The van der Waals surface area contributed by atoms with Crippen LogP contribution in [-0.2, 0) is 31.7 Å². The molecule has 0 saturated carbocycles. The van der Waals surface area contributed by atoms with Crippen LogP contribution < -0.4 is 4.90 Å². The number of anilines is 3. The van der Waals surface area contributed by atoms with Crippen LogP contribution in [0.15, 0.2) is 121 Å². The summed E-state index contributed by atoms with van der Waals surface area (Å²) in [5.41, 5.74) is 9.04. The highest BCUT2D eigenvalue weighted by atomic mass is 32.2. The van der Waals surface area contributed by atoms with Crippen molar-refractivity contribution in [2.75, 3.05) is 4.90 Å². The van der Waals surface area contributed by atoms with Crippen molar-refractivity contribution >= 4 is 61.6 Å². The molecule has 0 heterocycles. The molecule has 234 valence electrons. The molecule has 0 unspecified atom stereocenters. The molecule has 0 atom stereocenters. The number of rotatable bonds is 11.